The molecule has 0 aliphatic heterocycles. The van der Waals surface area contributed by atoms with Gasteiger partial charge in [0.1, 0.15) is 0 Å². The molecule has 120 valence electrons. The highest BCUT2D eigenvalue weighted by Crippen LogP contribution is 2.22. The second-order valence-corrected chi connectivity index (χ2v) is 5.95. The Bertz CT molecular complexity index is 759. The van der Waals surface area contributed by atoms with Crippen molar-refractivity contribution in [3.63, 3.8) is 0 Å². The fourth-order valence-corrected chi connectivity index (χ4v) is 2.63. The maximum absolute atomic E-state index is 11.9. The van der Waals surface area contributed by atoms with Crippen molar-refractivity contribution in [3.8, 4) is 0 Å². The van der Waals surface area contributed by atoms with E-state index in [2.05, 4.69) is 10.3 Å². The molecule has 1 heterocycles. The summed E-state index contributed by atoms with van der Waals surface area (Å²) >= 11 is 13.0. The lowest BCUT2D eigenvalue weighted by molar-refractivity contribution is -0.111. The molecule has 0 saturated heterocycles. The Balaban J connectivity index is 2.01. The number of halogens is 2. The Morgan fingerprint density at radius 2 is 2.17 bits per heavy atom. The maximum atomic E-state index is 11.9. The fraction of sp³-hybridized carbons (Fsp3) is 0.133. The third-order valence-electron chi connectivity index (χ3n) is 2.59. The number of anilines is 1. The topological polar surface area (TPSA) is 68.3 Å². The molecule has 0 unspecified atom stereocenters. The minimum atomic E-state index is -0.523. The fourth-order valence-electron chi connectivity index (χ4n) is 1.58. The third-order valence-corrected chi connectivity index (χ3v) is 3.93. The van der Waals surface area contributed by atoms with Crippen molar-refractivity contribution in [2.45, 2.75) is 6.92 Å². The van der Waals surface area contributed by atoms with Crippen molar-refractivity contribution in [2.75, 3.05) is 11.9 Å². The van der Waals surface area contributed by atoms with Gasteiger partial charge in [-0.1, -0.05) is 23.2 Å². The van der Waals surface area contributed by atoms with Crippen LogP contribution < -0.4 is 5.32 Å². The average molecular weight is 371 g/mol. The van der Waals surface area contributed by atoms with E-state index < -0.39 is 11.9 Å². The summed E-state index contributed by atoms with van der Waals surface area (Å²) < 4.78 is 4.83. The molecule has 0 aliphatic rings. The summed E-state index contributed by atoms with van der Waals surface area (Å²) in [5.74, 6) is -0.920. The second kappa shape index (κ2) is 8.10. The average Bonchev–Trinajstić information content (AvgIpc) is 2.97. The normalized spacial score (nSPS) is 10.7. The molecule has 8 heteroatoms. The molecule has 0 aliphatic carbocycles. The monoisotopic (exact) mass is 370 g/mol. The lowest BCUT2D eigenvalue weighted by atomic mass is 10.2. The SMILES string of the molecule is CCOC(=O)c1csc(NC(=O)/C=C/c2cc(Cl)ccc2Cl)n1. The van der Waals surface area contributed by atoms with Crippen molar-refractivity contribution in [1.82, 2.24) is 4.98 Å². The molecule has 1 amide bonds. The van der Waals surface area contributed by atoms with Crippen LogP contribution in [-0.4, -0.2) is 23.5 Å². The number of nitrogens with one attached hydrogen (secondary N) is 1. The highest BCUT2D eigenvalue weighted by molar-refractivity contribution is 7.14. The number of carbonyl (C=O) groups is 2. The van der Waals surface area contributed by atoms with Crippen molar-refractivity contribution >= 4 is 57.6 Å². The minimum Gasteiger partial charge on any atom is -0.461 e. The van der Waals surface area contributed by atoms with Gasteiger partial charge in [-0.15, -0.1) is 11.3 Å². The molecular weight excluding hydrogens is 359 g/mol. The Hall–Kier alpha value is -1.89. The molecule has 0 fully saturated rings. The van der Waals surface area contributed by atoms with Gasteiger partial charge in [-0.3, -0.25) is 10.1 Å². The largest absolute Gasteiger partial charge is 0.461 e. The molecule has 23 heavy (non-hydrogen) atoms. The van der Waals surface area contributed by atoms with Gasteiger partial charge >= 0.3 is 5.97 Å². The van der Waals surface area contributed by atoms with Crippen LogP contribution in [0.4, 0.5) is 5.13 Å². The highest BCUT2D eigenvalue weighted by Gasteiger charge is 2.12. The van der Waals surface area contributed by atoms with Crippen LogP contribution in [0, 0.1) is 0 Å². The zero-order valence-corrected chi connectivity index (χ0v) is 14.3. The van der Waals surface area contributed by atoms with Gasteiger partial charge in [-0.05, 0) is 36.8 Å². The van der Waals surface area contributed by atoms with Crippen LogP contribution in [0.5, 0.6) is 0 Å². The van der Waals surface area contributed by atoms with Crippen LogP contribution >= 0.6 is 34.5 Å². The number of carbonyl (C=O) groups excluding carboxylic acids is 2. The number of nitrogens with zero attached hydrogens (tertiary/aromatic N) is 1. The lowest BCUT2D eigenvalue weighted by Crippen LogP contribution is -2.09. The number of esters is 1. The molecule has 0 spiro atoms. The van der Waals surface area contributed by atoms with Gasteiger partial charge in [0.15, 0.2) is 10.8 Å². The number of aromatic nitrogens is 1. The molecule has 1 aromatic heterocycles. The molecular formula is C15H12Cl2N2O3S. The summed E-state index contributed by atoms with van der Waals surface area (Å²) in [4.78, 5) is 27.3. The Morgan fingerprint density at radius 1 is 1.39 bits per heavy atom. The smallest absolute Gasteiger partial charge is 0.357 e. The molecule has 1 N–H and O–H groups in total. The van der Waals surface area contributed by atoms with E-state index in [0.717, 1.165) is 11.3 Å². The van der Waals surface area contributed by atoms with E-state index in [9.17, 15) is 9.59 Å². The van der Waals surface area contributed by atoms with Crippen LogP contribution in [0.25, 0.3) is 6.08 Å². The number of benzene rings is 1. The van der Waals surface area contributed by atoms with E-state index in [4.69, 9.17) is 27.9 Å². The zero-order valence-electron chi connectivity index (χ0n) is 12.0. The molecule has 2 aromatic rings. The second-order valence-electron chi connectivity index (χ2n) is 4.25. The quantitative estimate of drug-likeness (QED) is 0.629. The lowest BCUT2D eigenvalue weighted by Gasteiger charge is -1.99. The summed E-state index contributed by atoms with van der Waals surface area (Å²) in [6, 6.07) is 4.96. The Morgan fingerprint density at radius 3 is 2.91 bits per heavy atom. The summed E-state index contributed by atoms with van der Waals surface area (Å²) in [7, 11) is 0. The number of hydrogen-bond acceptors (Lipinski definition) is 5. The van der Waals surface area contributed by atoms with Crippen molar-refractivity contribution in [1.29, 1.82) is 0 Å². The molecule has 0 saturated carbocycles. The van der Waals surface area contributed by atoms with Crippen LogP contribution in [0.1, 0.15) is 23.0 Å². The van der Waals surface area contributed by atoms with Gasteiger partial charge in [0.05, 0.1) is 6.61 Å². The predicted molar refractivity (Wildman–Crippen MR) is 92.2 cm³/mol. The molecule has 0 bridgehead atoms. The van der Waals surface area contributed by atoms with Crippen LogP contribution in [-0.2, 0) is 9.53 Å². The molecule has 2 rings (SSSR count). The van der Waals surface area contributed by atoms with E-state index in [1.54, 1.807) is 31.2 Å². The van der Waals surface area contributed by atoms with Crippen molar-refractivity contribution in [2.24, 2.45) is 0 Å². The predicted octanol–water partition coefficient (Wildman–Crippen LogP) is 4.28. The molecule has 0 radical (unpaired) electrons. The number of amides is 1. The van der Waals surface area contributed by atoms with E-state index >= 15 is 0 Å². The molecule has 5 nitrogen and oxygen atoms in total. The van der Waals surface area contributed by atoms with Gasteiger partial charge in [-0.2, -0.15) is 0 Å². The third kappa shape index (κ3) is 5.06. The van der Waals surface area contributed by atoms with Crippen molar-refractivity contribution < 1.29 is 14.3 Å². The first-order valence-corrected chi connectivity index (χ1v) is 8.20. The van der Waals surface area contributed by atoms with E-state index in [0.29, 0.717) is 20.7 Å². The van der Waals surface area contributed by atoms with E-state index in [1.165, 1.54) is 11.5 Å². The van der Waals surface area contributed by atoms with E-state index in [1.807, 2.05) is 0 Å². The highest BCUT2D eigenvalue weighted by atomic mass is 35.5. The van der Waals surface area contributed by atoms with Gasteiger partial charge < -0.3 is 4.74 Å². The van der Waals surface area contributed by atoms with E-state index in [-0.39, 0.29) is 12.3 Å². The molecule has 1 aromatic carbocycles. The first-order valence-electron chi connectivity index (χ1n) is 6.56. The first-order chi connectivity index (χ1) is 11.0. The van der Waals surface area contributed by atoms with Gasteiger partial charge in [0.25, 0.3) is 0 Å². The standard InChI is InChI=1S/C15H12Cl2N2O3S/c1-2-22-14(21)12-8-23-15(18-12)19-13(20)6-3-9-7-10(16)4-5-11(9)17/h3-8H,2H2,1H3,(H,18,19,20)/b6-3+. The number of thiazole rings is 1. The van der Waals surface area contributed by atoms with Gasteiger partial charge in [0.2, 0.25) is 5.91 Å². The summed E-state index contributed by atoms with van der Waals surface area (Å²) in [6.07, 6.45) is 2.85. The minimum absolute atomic E-state index is 0.161. The molecule has 0 atom stereocenters. The Kier molecular flexibility index (Phi) is 6.15. The van der Waals surface area contributed by atoms with Crippen molar-refractivity contribution in [3.05, 3.63) is 51.0 Å². The van der Waals surface area contributed by atoms with Crippen LogP contribution in [0.3, 0.4) is 0 Å². The van der Waals surface area contributed by atoms with Crippen LogP contribution in [0.2, 0.25) is 10.0 Å². The number of ether oxygens (including phenoxy) is 1. The van der Waals surface area contributed by atoms with Gasteiger partial charge in [0, 0.05) is 21.5 Å². The van der Waals surface area contributed by atoms with Crippen LogP contribution in [0.15, 0.2) is 29.7 Å². The van der Waals surface area contributed by atoms with Gasteiger partial charge in [-0.25, -0.2) is 9.78 Å². The summed E-state index contributed by atoms with van der Waals surface area (Å²) in [5, 5.41) is 5.39. The maximum Gasteiger partial charge on any atom is 0.357 e. The Labute approximate surface area is 146 Å². The summed E-state index contributed by atoms with van der Waals surface area (Å²) in [6.45, 7) is 1.97. The first kappa shape index (κ1) is 17.5. The number of rotatable bonds is 5. The number of hydrogen-bond donors (Lipinski definition) is 1. The summed E-state index contributed by atoms with van der Waals surface area (Å²) in [5.41, 5.74) is 0.787. The zero-order chi connectivity index (χ0) is 16.8.